The number of esters is 1. The Hall–Kier alpha value is -1.39. The quantitative estimate of drug-likeness (QED) is 0.388. The zero-order valence-corrected chi connectivity index (χ0v) is 20.7. The van der Waals surface area contributed by atoms with Crippen molar-refractivity contribution < 1.29 is 9.53 Å². The molecule has 7 atom stereocenters. The maximum atomic E-state index is 12.2. The molecule has 0 aromatic carbocycles. The lowest BCUT2D eigenvalue weighted by Gasteiger charge is -2.66. The summed E-state index contributed by atoms with van der Waals surface area (Å²) in [4.78, 5) is 17.8. The van der Waals surface area contributed by atoms with Gasteiger partial charge in [-0.2, -0.15) is 0 Å². The highest BCUT2D eigenvalue weighted by Gasteiger charge is 2.62. The van der Waals surface area contributed by atoms with Crippen molar-refractivity contribution in [2.45, 2.75) is 89.7 Å². The van der Waals surface area contributed by atoms with Crippen LogP contribution in [0.2, 0.25) is 0 Å². The van der Waals surface area contributed by atoms with Gasteiger partial charge in [0, 0.05) is 43.9 Å². The molecule has 6 aliphatic rings. The molecule has 0 aromatic heterocycles. The summed E-state index contributed by atoms with van der Waals surface area (Å²) >= 11 is 0. The first-order valence-electron chi connectivity index (χ1n) is 13.8. The van der Waals surface area contributed by atoms with E-state index < -0.39 is 0 Å². The molecule has 6 rings (SSSR count). The molecule has 0 N–H and O–H groups in total. The van der Waals surface area contributed by atoms with Gasteiger partial charge in [-0.05, 0) is 89.6 Å². The number of fused-ring (bicyclic) bond motifs is 1. The predicted molar refractivity (Wildman–Crippen MR) is 134 cm³/mol. The number of rotatable bonds is 1. The van der Waals surface area contributed by atoms with E-state index in [0.29, 0.717) is 17.9 Å². The van der Waals surface area contributed by atoms with Crippen molar-refractivity contribution in [2.24, 2.45) is 17.3 Å². The minimum Gasteiger partial charge on any atom is -0.461 e. The van der Waals surface area contributed by atoms with Gasteiger partial charge in [0.2, 0.25) is 0 Å². The van der Waals surface area contributed by atoms with Crippen LogP contribution in [-0.4, -0.2) is 60.6 Å². The third-order valence-corrected chi connectivity index (χ3v) is 9.04. The molecule has 0 amide bonds. The summed E-state index contributed by atoms with van der Waals surface area (Å²) < 4.78 is 6.16. The van der Waals surface area contributed by atoms with Crippen LogP contribution in [0.4, 0.5) is 0 Å². The average molecular weight is 453 g/mol. The van der Waals surface area contributed by atoms with Crippen LogP contribution < -0.4 is 0 Å². The third-order valence-electron chi connectivity index (χ3n) is 9.04. The van der Waals surface area contributed by atoms with Crippen molar-refractivity contribution in [3.05, 3.63) is 36.0 Å². The van der Waals surface area contributed by atoms with Crippen molar-refractivity contribution in [3.8, 4) is 0 Å². The first-order valence-corrected chi connectivity index (χ1v) is 13.8. The summed E-state index contributed by atoms with van der Waals surface area (Å²) in [7, 11) is 0. The molecule has 0 radical (unpaired) electrons. The van der Waals surface area contributed by atoms with Crippen LogP contribution in [0.1, 0.15) is 77.6 Å². The Balaban J connectivity index is 1.57. The lowest BCUT2D eigenvalue weighted by molar-refractivity contribution is -0.186. The number of piperidine rings is 2. The van der Waals surface area contributed by atoms with Gasteiger partial charge in [0.15, 0.2) is 0 Å². The van der Waals surface area contributed by atoms with E-state index in [-0.39, 0.29) is 17.5 Å². The van der Waals surface area contributed by atoms with Gasteiger partial charge < -0.3 is 4.74 Å². The van der Waals surface area contributed by atoms with Crippen LogP contribution in [0, 0.1) is 17.3 Å². The van der Waals surface area contributed by atoms with E-state index in [9.17, 15) is 4.79 Å². The molecule has 5 aliphatic heterocycles. The topological polar surface area (TPSA) is 32.8 Å². The van der Waals surface area contributed by atoms with Crippen LogP contribution in [0.5, 0.6) is 0 Å². The highest BCUT2D eigenvalue weighted by Crippen LogP contribution is 2.58. The Bertz CT molecular complexity index is 786. The maximum Gasteiger partial charge on any atom is 0.302 e. The largest absolute Gasteiger partial charge is 0.461 e. The Morgan fingerprint density at radius 2 is 1.70 bits per heavy atom. The van der Waals surface area contributed by atoms with E-state index >= 15 is 0 Å². The molecule has 0 saturated carbocycles. The number of ether oxygens (including phenoxy) is 1. The van der Waals surface area contributed by atoms with Gasteiger partial charge in [0.1, 0.15) is 6.10 Å². The molecule has 2 saturated heterocycles. The minimum atomic E-state index is -0.103. The van der Waals surface area contributed by atoms with Crippen molar-refractivity contribution in [3.63, 3.8) is 0 Å². The molecule has 33 heavy (non-hydrogen) atoms. The Morgan fingerprint density at radius 3 is 2.52 bits per heavy atom. The summed E-state index contributed by atoms with van der Waals surface area (Å²) in [6.45, 7) is 7.19. The Kier molecular flexibility index (Phi) is 7.42. The Labute approximate surface area is 201 Å². The summed E-state index contributed by atoms with van der Waals surface area (Å²) in [5.41, 5.74) is 1.91. The first-order chi connectivity index (χ1) is 16.2. The molecule has 0 aromatic rings. The van der Waals surface area contributed by atoms with Crippen LogP contribution >= 0.6 is 0 Å². The van der Waals surface area contributed by atoms with Gasteiger partial charge in [-0.25, -0.2) is 0 Å². The summed E-state index contributed by atoms with van der Waals surface area (Å²) in [6, 6.07) is 0.526. The van der Waals surface area contributed by atoms with E-state index in [1.807, 2.05) is 0 Å². The number of hydrogen-bond donors (Lipinski definition) is 0. The second-order valence-corrected chi connectivity index (χ2v) is 11.3. The Morgan fingerprint density at radius 1 is 0.939 bits per heavy atom. The molecule has 4 heteroatoms. The van der Waals surface area contributed by atoms with Gasteiger partial charge in [0.05, 0.1) is 0 Å². The summed E-state index contributed by atoms with van der Waals surface area (Å²) in [6.07, 6.45) is 26.0. The monoisotopic (exact) mass is 452 g/mol. The van der Waals surface area contributed by atoms with Gasteiger partial charge in [0.25, 0.3) is 0 Å². The van der Waals surface area contributed by atoms with Crippen LogP contribution in [0.15, 0.2) is 36.0 Å². The van der Waals surface area contributed by atoms with E-state index in [4.69, 9.17) is 4.74 Å². The maximum absolute atomic E-state index is 12.2. The van der Waals surface area contributed by atoms with Crippen molar-refractivity contribution in [2.75, 3.05) is 32.7 Å². The second-order valence-electron chi connectivity index (χ2n) is 11.3. The second kappa shape index (κ2) is 10.5. The highest BCUT2D eigenvalue weighted by atomic mass is 16.5. The van der Waals surface area contributed by atoms with Crippen LogP contribution in [-0.2, 0) is 9.53 Å². The highest BCUT2D eigenvalue weighted by molar-refractivity contribution is 5.66. The lowest BCUT2D eigenvalue weighted by Crippen LogP contribution is -2.72. The van der Waals surface area contributed by atoms with Crippen LogP contribution in [0.25, 0.3) is 0 Å². The average Bonchev–Trinajstić information content (AvgIpc) is 2.81. The van der Waals surface area contributed by atoms with E-state index in [1.165, 1.54) is 70.9 Å². The molecule has 2 fully saturated rings. The van der Waals surface area contributed by atoms with E-state index in [0.717, 1.165) is 32.5 Å². The molecular weight excluding hydrogens is 408 g/mol. The molecule has 1 aliphatic carbocycles. The van der Waals surface area contributed by atoms with E-state index in [1.54, 1.807) is 12.5 Å². The van der Waals surface area contributed by atoms with Crippen molar-refractivity contribution in [1.82, 2.24) is 9.80 Å². The van der Waals surface area contributed by atoms with Crippen molar-refractivity contribution in [1.29, 1.82) is 0 Å². The molecule has 4 nitrogen and oxygen atoms in total. The van der Waals surface area contributed by atoms with Gasteiger partial charge >= 0.3 is 5.97 Å². The molecule has 5 heterocycles. The fraction of sp³-hybridized carbons (Fsp3) is 0.759. The fourth-order valence-corrected chi connectivity index (χ4v) is 8.02. The number of carbonyl (C=O) groups is 1. The first kappa shape index (κ1) is 23.4. The number of allylic oxidation sites excluding steroid dienone is 4. The summed E-state index contributed by atoms with van der Waals surface area (Å²) in [5, 5.41) is 0. The molecule has 6 unspecified atom stereocenters. The van der Waals surface area contributed by atoms with Gasteiger partial charge in [-0.15, -0.1) is 0 Å². The number of hydrogen-bond acceptors (Lipinski definition) is 4. The standard InChI is InChI=1S/C29H44N2O2/c1-23(32)33-26-21-30-17-13-9-5-2-3-7-11-15-24-19-25-20-31-18-14-10-6-4-8-12-16-29(22-30,27(25)26)28(24)31/h2,4-5,8,19,25-28H,3,6-7,9-18,20-22H2,1H3/b5-2+,8-4-/t25?,26-,27?,28?,29?/m1/s1. The fourth-order valence-electron chi connectivity index (χ4n) is 8.02. The number of nitrogens with zero attached hydrogens (tertiary/aromatic N) is 2. The van der Waals surface area contributed by atoms with Gasteiger partial charge in [-0.3, -0.25) is 14.6 Å². The zero-order valence-electron chi connectivity index (χ0n) is 20.7. The van der Waals surface area contributed by atoms with Gasteiger partial charge in [-0.1, -0.05) is 36.0 Å². The lowest BCUT2D eigenvalue weighted by atomic mass is 9.51. The third kappa shape index (κ3) is 4.89. The molecular formula is C29H44N2O2. The smallest absolute Gasteiger partial charge is 0.302 e. The summed E-state index contributed by atoms with van der Waals surface area (Å²) in [5.74, 6) is 0.882. The molecule has 182 valence electrons. The zero-order chi connectivity index (χ0) is 22.7. The number of carbonyl (C=O) groups excluding carboxylic acids is 1. The normalized spacial score (nSPS) is 43.5. The van der Waals surface area contributed by atoms with E-state index in [2.05, 4.69) is 40.2 Å². The predicted octanol–water partition coefficient (Wildman–Crippen LogP) is 5.51. The molecule has 6 bridgehead atoms. The minimum absolute atomic E-state index is 0.0289. The van der Waals surface area contributed by atoms with Crippen molar-refractivity contribution >= 4 is 5.97 Å². The van der Waals surface area contributed by atoms with Crippen LogP contribution in [0.3, 0.4) is 0 Å². The SMILES string of the molecule is CC(=O)O[C@@H]1CN2CCC/C=C/CCCCC3=CC4CN5CCCC/C=C\CCC(C2)(C41)C35. The molecule has 1 spiro atoms.